The number of hydrogen-bond acceptors (Lipinski definition) is 3. The minimum Gasteiger partial charge on any atom is -0.388 e. The molecule has 0 spiro atoms. The first-order valence-corrected chi connectivity index (χ1v) is 7.88. The fraction of sp³-hybridized carbons (Fsp3) is 0.647. The van der Waals surface area contributed by atoms with Crippen molar-refractivity contribution in [3.63, 3.8) is 0 Å². The molecule has 1 aliphatic rings. The average Bonchev–Trinajstić information content (AvgIpc) is 2.53. The molecule has 20 heavy (non-hydrogen) atoms. The van der Waals surface area contributed by atoms with Crippen LogP contribution in [0.5, 0.6) is 0 Å². The van der Waals surface area contributed by atoms with E-state index in [4.69, 9.17) is 0 Å². The van der Waals surface area contributed by atoms with Crippen molar-refractivity contribution in [2.24, 2.45) is 0 Å². The van der Waals surface area contributed by atoms with Gasteiger partial charge in [0.25, 0.3) is 0 Å². The summed E-state index contributed by atoms with van der Waals surface area (Å²) in [4.78, 5) is 4.92. The molecular weight excluding hydrogens is 248 g/mol. The topological polar surface area (TPSA) is 26.7 Å². The number of aliphatic hydroxyl groups is 1. The van der Waals surface area contributed by atoms with Crippen LogP contribution >= 0.6 is 0 Å². The highest BCUT2D eigenvalue weighted by Crippen LogP contribution is 2.24. The van der Waals surface area contributed by atoms with Crippen molar-refractivity contribution in [2.75, 3.05) is 31.6 Å². The van der Waals surface area contributed by atoms with Gasteiger partial charge in [-0.3, -0.25) is 0 Å². The lowest BCUT2D eigenvalue weighted by Gasteiger charge is -2.37. The molecule has 1 fully saturated rings. The van der Waals surface area contributed by atoms with Crippen LogP contribution in [0.4, 0.5) is 5.69 Å². The van der Waals surface area contributed by atoms with Crippen LogP contribution in [0.15, 0.2) is 24.3 Å². The summed E-state index contributed by atoms with van der Waals surface area (Å²) in [6.45, 7) is 7.82. The molecule has 1 saturated heterocycles. The standard InChI is InChI=1S/C17H28N2O/c1-4-17(20)14-6-8-15(9-7-14)18(3)16-10-12-19(5-2)13-11-16/h6-9,16-17,20H,4-5,10-13H2,1-3H3/t17-/m1/s1. The van der Waals surface area contributed by atoms with Gasteiger partial charge in [-0.25, -0.2) is 0 Å². The summed E-state index contributed by atoms with van der Waals surface area (Å²) in [5, 5.41) is 9.84. The zero-order chi connectivity index (χ0) is 14.5. The number of rotatable bonds is 5. The van der Waals surface area contributed by atoms with E-state index in [1.165, 1.54) is 38.2 Å². The van der Waals surface area contributed by atoms with Crippen molar-refractivity contribution >= 4 is 5.69 Å². The first kappa shape index (κ1) is 15.3. The van der Waals surface area contributed by atoms with Gasteiger partial charge >= 0.3 is 0 Å². The van der Waals surface area contributed by atoms with E-state index < -0.39 is 0 Å². The first-order chi connectivity index (χ1) is 9.65. The van der Waals surface area contributed by atoms with Gasteiger partial charge in [0.1, 0.15) is 0 Å². The van der Waals surface area contributed by atoms with E-state index in [0.29, 0.717) is 6.04 Å². The molecule has 3 nitrogen and oxygen atoms in total. The van der Waals surface area contributed by atoms with Gasteiger partial charge in [0, 0.05) is 31.9 Å². The third-order valence-corrected chi connectivity index (χ3v) is 4.62. The molecule has 0 amide bonds. The maximum Gasteiger partial charge on any atom is 0.0787 e. The van der Waals surface area contributed by atoms with Gasteiger partial charge in [-0.05, 0) is 43.5 Å². The Balaban J connectivity index is 1.97. The first-order valence-electron chi connectivity index (χ1n) is 7.88. The molecule has 0 saturated carbocycles. The predicted octanol–water partition coefficient (Wildman–Crippen LogP) is 3.05. The van der Waals surface area contributed by atoms with Crippen LogP contribution in [0.2, 0.25) is 0 Å². The molecule has 3 heteroatoms. The summed E-state index contributed by atoms with van der Waals surface area (Å²) in [6.07, 6.45) is 2.92. The Morgan fingerprint density at radius 3 is 2.30 bits per heavy atom. The highest BCUT2D eigenvalue weighted by molar-refractivity contribution is 5.48. The number of nitrogens with zero attached hydrogens (tertiary/aromatic N) is 2. The second-order valence-electron chi connectivity index (χ2n) is 5.79. The molecule has 2 rings (SSSR count). The summed E-state index contributed by atoms with van der Waals surface area (Å²) in [7, 11) is 2.19. The van der Waals surface area contributed by atoms with Crippen molar-refractivity contribution in [2.45, 2.75) is 45.3 Å². The number of aliphatic hydroxyl groups excluding tert-OH is 1. The molecule has 0 aliphatic carbocycles. The highest BCUT2D eigenvalue weighted by Gasteiger charge is 2.21. The zero-order valence-electron chi connectivity index (χ0n) is 13.0. The minimum absolute atomic E-state index is 0.331. The predicted molar refractivity (Wildman–Crippen MR) is 85.2 cm³/mol. The number of piperidine rings is 1. The largest absolute Gasteiger partial charge is 0.388 e. The second-order valence-corrected chi connectivity index (χ2v) is 5.79. The maximum absolute atomic E-state index is 9.84. The Morgan fingerprint density at radius 2 is 1.80 bits per heavy atom. The van der Waals surface area contributed by atoms with Gasteiger partial charge < -0.3 is 14.9 Å². The Kier molecular flexibility index (Phi) is 5.44. The lowest BCUT2D eigenvalue weighted by atomic mass is 10.0. The molecule has 1 aromatic rings. The fourth-order valence-corrected chi connectivity index (χ4v) is 3.00. The van der Waals surface area contributed by atoms with Gasteiger partial charge in [0.2, 0.25) is 0 Å². The quantitative estimate of drug-likeness (QED) is 0.895. The van der Waals surface area contributed by atoms with E-state index in [0.717, 1.165) is 12.0 Å². The van der Waals surface area contributed by atoms with Crippen LogP contribution in [0, 0.1) is 0 Å². The number of likely N-dealkylation sites (tertiary alicyclic amines) is 1. The van der Waals surface area contributed by atoms with E-state index in [-0.39, 0.29) is 6.10 Å². The minimum atomic E-state index is -0.331. The van der Waals surface area contributed by atoms with Crippen LogP contribution in [-0.2, 0) is 0 Å². The monoisotopic (exact) mass is 276 g/mol. The fourth-order valence-electron chi connectivity index (χ4n) is 3.00. The van der Waals surface area contributed by atoms with Crippen molar-refractivity contribution in [1.29, 1.82) is 0 Å². The molecule has 1 heterocycles. The van der Waals surface area contributed by atoms with E-state index in [1.807, 2.05) is 6.92 Å². The van der Waals surface area contributed by atoms with Gasteiger partial charge in [-0.2, -0.15) is 0 Å². The van der Waals surface area contributed by atoms with Crippen molar-refractivity contribution < 1.29 is 5.11 Å². The molecule has 0 bridgehead atoms. The van der Waals surface area contributed by atoms with Gasteiger partial charge in [0.15, 0.2) is 0 Å². The summed E-state index contributed by atoms with van der Waals surface area (Å²) in [5.41, 5.74) is 2.28. The van der Waals surface area contributed by atoms with Crippen molar-refractivity contribution in [3.05, 3.63) is 29.8 Å². The van der Waals surface area contributed by atoms with Gasteiger partial charge in [0.05, 0.1) is 6.10 Å². The third-order valence-electron chi connectivity index (χ3n) is 4.62. The van der Waals surface area contributed by atoms with E-state index in [1.54, 1.807) is 0 Å². The molecule has 0 unspecified atom stereocenters. The lowest BCUT2D eigenvalue weighted by Crippen LogP contribution is -2.43. The van der Waals surface area contributed by atoms with Crippen molar-refractivity contribution in [1.82, 2.24) is 4.90 Å². The van der Waals surface area contributed by atoms with Crippen LogP contribution in [-0.4, -0.2) is 42.7 Å². The summed E-state index contributed by atoms with van der Waals surface area (Å²) < 4.78 is 0. The maximum atomic E-state index is 9.84. The molecule has 1 N–H and O–H groups in total. The molecule has 0 aromatic heterocycles. The molecule has 1 aromatic carbocycles. The number of benzene rings is 1. The SMILES string of the molecule is CC[C@@H](O)c1ccc(N(C)C2CCN(CC)CC2)cc1. The van der Waals surface area contributed by atoms with E-state index in [2.05, 4.69) is 48.0 Å². The second kappa shape index (κ2) is 7.09. The lowest BCUT2D eigenvalue weighted by molar-refractivity contribution is 0.173. The molecule has 1 aliphatic heterocycles. The summed E-state index contributed by atoms with van der Waals surface area (Å²) in [6, 6.07) is 9.03. The van der Waals surface area contributed by atoms with Gasteiger partial charge in [-0.1, -0.05) is 26.0 Å². The molecule has 112 valence electrons. The van der Waals surface area contributed by atoms with Crippen LogP contribution in [0.1, 0.15) is 44.8 Å². The van der Waals surface area contributed by atoms with Crippen LogP contribution in [0.3, 0.4) is 0 Å². The number of hydrogen-bond donors (Lipinski definition) is 1. The summed E-state index contributed by atoms with van der Waals surface area (Å²) >= 11 is 0. The normalized spacial score (nSPS) is 19.0. The summed E-state index contributed by atoms with van der Waals surface area (Å²) in [5.74, 6) is 0. The van der Waals surface area contributed by atoms with Gasteiger partial charge in [-0.15, -0.1) is 0 Å². The van der Waals surface area contributed by atoms with Crippen LogP contribution < -0.4 is 4.90 Å². The van der Waals surface area contributed by atoms with Crippen molar-refractivity contribution in [3.8, 4) is 0 Å². The Bertz CT molecular complexity index is 396. The Labute approximate surface area is 123 Å². The average molecular weight is 276 g/mol. The molecule has 1 atom stereocenters. The van der Waals surface area contributed by atoms with E-state index in [9.17, 15) is 5.11 Å². The number of anilines is 1. The van der Waals surface area contributed by atoms with E-state index >= 15 is 0 Å². The Hall–Kier alpha value is -1.06. The molecule has 0 radical (unpaired) electrons. The smallest absolute Gasteiger partial charge is 0.0787 e. The Morgan fingerprint density at radius 1 is 1.20 bits per heavy atom. The zero-order valence-corrected chi connectivity index (χ0v) is 13.0. The van der Waals surface area contributed by atoms with Crippen LogP contribution in [0.25, 0.3) is 0 Å². The third kappa shape index (κ3) is 3.53. The molecular formula is C17H28N2O. The highest BCUT2D eigenvalue weighted by atomic mass is 16.3.